The van der Waals surface area contributed by atoms with Crippen molar-refractivity contribution >= 4 is 0 Å². The second-order valence-corrected chi connectivity index (χ2v) is 11.4. The van der Waals surface area contributed by atoms with Gasteiger partial charge in [0.2, 0.25) is 5.75 Å². The van der Waals surface area contributed by atoms with Crippen LogP contribution in [0, 0.1) is 29.3 Å². The van der Waals surface area contributed by atoms with Gasteiger partial charge in [-0.15, -0.1) is 13.2 Å². The summed E-state index contributed by atoms with van der Waals surface area (Å²) < 4.78 is 185. The Balaban J connectivity index is 1.26. The molecular formula is C30H30F12O4. The van der Waals surface area contributed by atoms with Crippen LogP contribution < -0.4 is 9.47 Å². The summed E-state index contributed by atoms with van der Waals surface area (Å²) in [6.07, 6.45) is -21.3. The zero-order valence-corrected chi connectivity index (χ0v) is 24.2. The van der Waals surface area contributed by atoms with Gasteiger partial charge in [0, 0.05) is 12.1 Å². The van der Waals surface area contributed by atoms with Gasteiger partial charge in [0.05, 0.1) is 29.6 Å². The van der Waals surface area contributed by atoms with Gasteiger partial charge in [0.15, 0.2) is 11.6 Å². The molecule has 2 aliphatic rings. The molecule has 4 nitrogen and oxygen atoms in total. The van der Waals surface area contributed by atoms with Crippen LogP contribution in [0.4, 0.5) is 52.7 Å². The number of halogens is 12. The average Bonchev–Trinajstić information content (AvgIpc) is 2.94. The first-order valence-corrected chi connectivity index (χ1v) is 14.5. The number of hydrogen-bond donors (Lipinski definition) is 0. The van der Waals surface area contributed by atoms with Crippen molar-refractivity contribution in [1.29, 1.82) is 0 Å². The summed E-state index contributed by atoms with van der Waals surface area (Å²) in [6, 6.07) is 3.43. The molecule has 4 rings (SSSR count). The van der Waals surface area contributed by atoms with E-state index in [1.807, 2.05) is 0 Å². The molecule has 0 saturated heterocycles. The minimum absolute atomic E-state index is 0.0934. The van der Waals surface area contributed by atoms with Crippen LogP contribution >= 0.6 is 0 Å². The van der Waals surface area contributed by atoms with E-state index >= 15 is 0 Å². The number of alkyl halides is 9. The van der Waals surface area contributed by atoms with Crippen molar-refractivity contribution < 1.29 is 71.6 Å². The van der Waals surface area contributed by atoms with Gasteiger partial charge in [-0.1, -0.05) is 13.0 Å². The smallest absolute Gasteiger partial charge is 0.432 e. The summed E-state index contributed by atoms with van der Waals surface area (Å²) in [6.45, 7) is 1.73. The summed E-state index contributed by atoms with van der Waals surface area (Å²) >= 11 is 0. The second kappa shape index (κ2) is 13.7. The quantitative estimate of drug-likeness (QED) is 0.221. The van der Waals surface area contributed by atoms with Crippen molar-refractivity contribution in [2.75, 3.05) is 0 Å². The largest absolute Gasteiger partial charge is 0.573 e. The first kappa shape index (κ1) is 36.0. The molecule has 2 aromatic rings. The fourth-order valence-corrected chi connectivity index (χ4v) is 5.69. The van der Waals surface area contributed by atoms with Crippen LogP contribution in [-0.2, 0) is 22.0 Å². The van der Waals surface area contributed by atoms with Crippen molar-refractivity contribution in [3.8, 4) is 11.5 Å². The first-order chi connectivity index (χ1) is 21.3. The molecular weight excluding hydrogens is 652 g/mol. The van der Waals surface area contributed by atoms with E-state index in [4.69, 9.17) is 9.47 Å². The van der Waals surface area contributed by atoms with Crippen LogP contribution in [0.5, 0.6) is 11.5 Å². The molecule has 0 atom stereocenters. The SMILES string of the molecule is CCc1ccc(C(F)(F)OC2CCC(C(F)(F)OC3CCC(C(F)(F)Oc4cc(F)c(OC(F)(F)F)c(F)c4)CC3)CC2)c(F)c1. The third kappa shape index (κ3) is 8.92. The first-order valence-electron chi connectivity index (χ1n) is 14.5. The van der Waals surface area contributed by atoms with E-state index in [0.29, 0.717) is 12.0 Å². The molecule has 46 heavy (non-hydrogen) atoms. The summed E-state index contributed by atoms with van der Waals surface area (Å²) in [4.78, 5) is 0. The average molecular weight is 683 g/mol. The molecule has 0 radical (unpaired) electrons. The molecule has 0 heterocycles. The van der Waals surface area contributed by atoms with Gasteiger partial charge in [-0.25, -0.2) is 13.2 Å². The zero-order chi connectivity index (χ0) is 34.1. The maximum atomic E-state index is 15.0. The molecule has 2 saturated carbocycles. The fraction of sp³-hybridized carbons (Fsp3) is 0.600. The molecule has 2 aromatic carbocycles. The van der Waals surface area contributed by atoms with Crippen molar-refractivity contribution in [1.82, 2.24) is 0 Å². The number of rotatable bonds is 11. The highest BCUT2D eigenvalue weighted by Gasteiger charge is 2.49. The van der Waals surface area contributed by atoms with Gasteiger partial charge in [0.25, 0.3) is 0 Å². The minimum atomic E-state index is -5.44. The van der Waals surface area contributed by atoms with Crippen molar-refractivity contribution in [3.05, 3.63) is 58.9 Å². The lowest BCUT2D eigenvalue weighted by molar-refractivity contribution is -0.314. The highest BCUT2D eigenvalue weighted by atomic mass is 19.4. The molecule has 0 bridgehead atoms. The molecule has 0 N–H and O–H groups in total. The van der Waals surface area contributed by atoms with Gasteiger partial charge in [-0.2, -0.15) is 26.3 Å². The molecule has 258 valence electrons. The summed E-state index contributed by atoms with van der Waals surface area (Å²) in [5.41, 5.74) is -0.448. The zero-order valence-electron chi connectivity index (χ0n) is 24.2. The molecule has 0 aromatic heterocycles. The Labute approximate surface area is 255 Å². The lowest BCUT2D eigenvalue weighted by Gasteiger charge is -2.38. The maximum absolute atomic E-state index is 15.0. The second-order valence-electron chi connectivity index (χ2n) is 11.4. The van der Waals surface area contributed by atoms with E-state index in [2.05, 4.69) is 9.47 Å². The van der Waals surface area contributed by atoms with Crippen LogP contribution in [-0.4, -0.2) is 30.8 Å². The predicted octanol–water partition coefficient (Wildman–Crippen LogP) is 10.0. The molecule has 16 heteroatoms. The van der Waals surface area contributed by atoms with E-state index in [1.54, 1.807) is 6.92 Å². The van der Waals surface area contributed by atoms with E-state index in [0.717, 1.165) is 12.1 Å². The van der Waals surface area contributed by atoms with Gasteiger partial charge in [-0.3, -0.25) is 0 Å². The van der Waals surface area contributed by atoms with Gasteiger partial charge < -0.3 is 18.9 Å². The molecule has 2 aliphatic carbocycles. The summed E-state index contributed by atoms with van der Waals surface area (Å²) in [5.74, 6) is -11.0. The molecule has 0 unspecified atom stereocenters. The number of hydrogen-bond acceptors (Lipinski definition) is 4. The summed E-state index contributed by atoms with van der Waals surface area (Å²) in [5, 5.41) is 0. The highest BCUT2D eigenvalue weighted by molar-refractivity contribution is 5.35. The number of aryl methyl sites for hydroxylation is 1. The highest BCUT2D eigenvalue weighted by Crippen LogP contribution is 2.45. The Kier molecular flexibility index (Phi) is 10.7. The normalized spacial score (nSPS) is 23.3. The minimum Gasteiger partial charge on any atom is -0.432 e. The van der Waals surface area contributed by atoms with Crippen LogP contribution in [0.1, 0.15) is 69.4 Å². The van der Waals surface area contributed by atoms with E-state index in [-0.39, 0.29) is 50.7 Å². The molecule has 2 fully saturated rings. The van der Waals surface area contributed by atoms with Crippen LogP contribution in [0.15, 0.2) is 30.3 Å². The Bertz CT molecular complexity index is 1310. The van der Waals surface area contributed by atoms with Crippen molar-refractivity contribution in [3.63, 3.8) is 0 Å². The van der Waals surface area contributed by atoms with Gasteiger partial charge in [0.1, 0.15) is 11.6 Å². The third-order valence-corrected chi connectivity index (χ3v) is 8.14. The van der Waals surface area contributed by atoms with Crippen molar-refractivity contribution in [2.24, 2.45) is 11.8 Å². The van der Waals surface area contributed by atoms with Gasteiger partial charge in [-0.05, 0) is 75.5 Å². The molecule has 0 aliphatic heterocycles. The standard InChI is InChI=1S/C30H30F12O4/c1-2-16-3-12-22(23(31)13-16)29(38,39)44-20-10-6-17(7-11-20)27(34,35)43-19-8-4-18(5-9-19)28(36,37)45-21-14-24(32)26(25(33)15-21)46-30(40,41)42/h3,12-15,17-20H,2,4-11H2,1H3. The van der Waals surface area contributed by atoms with E-state index in [9.17, 15) is 52.7 Å². The molecule has 0 amide bonds. The Morgan fingerprint density at radius 1 is 0.609 bits per heavy atom. The van der Waals surface area contributed by atoms with Gasteiger partial charge >= 0.3 is 24.7 Å². The lowest BCUT2D eigenvalue weighted by atomic mass is 9.85. The third-order valence-electron chi connectivity index (χ3n) is 8.14. The van der Waals surface area contributed by atoms with E-state index in [1.165, 1.54) is 6.07 Å². The lowest BCUT2D eigenvalue weighted by Crippen LogP contribution is -2.43. The Hall–Kier alpha value is -2.88. The fourth-order valence-electron chi connectivity index (χ4n) is 5.69. The van der Waals surface area contributed by atoms with Crippen LogP contribution in [0.3, 0.4) is 0 Å². The predicted molar refractivity (Wildman–Crippen MR) is 137 cm³/mol. The molecule has 0 spiro atoms. The topological polar surface area (TPSA) is 36.9 Å². The maximum Gasteiger partial charge on any atom is 0.573 e. The van der Waals surface area contributed by atoms with Crippen molar-refractivity contribution in [2.45, 2.75) is 102 Å². The summed E-state index contributed by atoms with van der Waals surface area (Å²) in [7, 11) is 0. The van der Waals surface area contributed by atoms with Crippen LogP contribution in [0.25, 0.3) is 0 Å². The number of benzene rings is 2. The van der Waals surface area contributed by atoms with Crippen LogP contribution in [0.2, 0.25) is 0 Å². The Morgan fingerprint density at radius 3 is 1.59 bits per heavy atom. The Morgan fingerprint density at radius 2 is 1.11 bits per heavy atom. The van der Waals surface area contributed by atoms with E-state index < -0.39 is 96.1 Å². The number of ether oxygens (including phenoxy) is 4. The monoisotopic (exact) mass is 682 g/mol.